The van der Waals surface area contributed by atoms with Crippen molar-refractivity contribution in [3.63, 3.8) is 0 Å². The Labute approximate surface area is 193 Å². The lowest BCUT2D eigenvalue weighted by molar-refractivity contribution is 0.0697. The zero-order valence-electron chi connectivity index (χ0n) is 18.1. The molecule has 0 atom stereocenters. The van der Waals surface area contributed by atoms with Gasteiger partial charge in [0.25, 0.3) is 0 Å². The summed E-state index contributed by atoms with van der Waals surface area (Å²) in [4.78, 5) is 27.0. The van der Waals surface area contributed by atoms with Gasteiger partial charge < -0.3 is 10.4 Å². The second-order valence-electron chi connectivity index (χ2n) is 7.36. The monoisotopic (exact) mass is 445 g/mol. The first-order valence-corrected chi connectivity index (χ1v) is 11.6. The Morgan fingerprint density at radius 1 is 0.875 bits per heavy atom. The predicted molar refractivity (Wildman–Crippen MR) is 131 cm³/mol. The van der Waals surface area contributed by atoms with E-state index in [1.807, 2.05) is 60.7 Å². The number of ketones is 1. The molecule has 0 aliphatic carbocycles. The third-order valence-electron chi connectivity index (χ3n) is 4.92. The van der Waals surface area contributed by atoms with Crippen molar-refractivity contribution in [2.24, 2.45) is 0 Å². The summed E-state index contributed by atoms with van der Waals surface area (Å²) in [6, 6.07) is 24.2. The van der Waals surface area contributed by atoms with Gasteiger partial charge in [0.05, 0.1) is 16.9 Å². The highest BCUT2D eigenvalue weighted by Gasteiger charge is 2.16. The zero-order chi connectivity index (χ0) is 22.8. The number of allylic oxidation sites excluding steroid dienone is 2. The Balaban J connectivity index is 1.81. The number of Topliss-reactive ketones (excluding diaryl/α,β-unsaturated/α-hetero) is 1. The molecule has 3 rings (SSSR count). The number of rotatable bonds is 11. The number of unbranched alkanes of at least 4 members (excludes halogenated alkanes) is 3. The first-order valence-electron chi connectivity index (χ1n) is 10.8. The molecule has 5 heteroatoms. The van der Waals surface area contributed by atoms with Crippen LogP contribution in [0.25, 0.3) is 0 Å². The van der Waals surface area contributed by atoms with E-state index in [0.717, 1.165) is 35.5 Å². The Bertz CT molecular complexity index is 1080. The topological polar surface area (TPSA) is 66.4 Å². The van der Waals surface area contributed by atoms with E-state index in [9.17, 15) is 14.7 Å². The van der Waals surface area contributed by atoms with E-state index < -0.39 is 5.97 Å². The van der Waals surface area contributed by atoms with Crippen LogP contribution in [0, 0.1) is 0 Å². The molecular weight excluding hydrogens is 418 g/mol. The van der Waals surface area contributed by atoms with Gasteiger partial charge in [-0.1, -0.05) is 67.9 Å². The largest absolute Gasteiger partial charge is 0.478 e. The molecule has 32 heavy (non-hydrogen) atoms. The molecular formula is C27H27NO3S. The SMILES string of the molecule is CCCCCC=C(Nc1ccccc1C(=O)O)C(=O)c1ccc(Sc2ccccc2)cc1. The maximum atomic E-state index is 13.3. The van der Waals surface area contributed by atoms with E-state index >= 15 is 0 Å². The Hall–Kier alpha value is -3.31. The number of carboxylic acids is 1. The molecule has 0 unspecified atom stereocenters. The highest BCUT2D eigenvalue weighted by atomic mass is 32.2. The lowest BCUT2D eigenvalue weighted by atomic mass is 10.1. The Morgan fingerprint density at radius 2 is 1.53 bits per heavy atom. The number of nitrogens with one attached hydrogen (secondary N) is 1. The molecule has 0 aliphatic rings. The van der Waals surface area contributed by atoms with Crippen molar-refractivity contribution in [1.29, 1.82) is 0 Å². The highest BCUT2D eigenvalue weighted by molar-refractivity contribution is 7.99. The summed E-state index contributed by atoms with van der Waals surface area (Å²) in [5, 5.41) is 12.6. The lowest BCUT2D eigenvalue weighted by Crippen LogP contribution is -2.14. The normalized spacial score (nSPS) is 11.2. The lowest BCUT2D eigenvalue weighted by Gasteiger charge is -2.13. The van der Waals surface area contributed by atoms with Crippen LogP contribution in [0.4, 0.5) is 5.69 Å². The fraction of sp³-hybridized carbons (Fsp3) is 0.185. The molecule has 2 N–H and O–H groups in total. The summed E-state index contributed by atoms with van der Waals surface area (Å²) >= 11 is 1.64. The van der Waals surface area contributed by atoms with Crippen LogP contribution in [-0.4, -0.2) is 16.9 Å². The number of para-hydroxylation sites is 1. The molecule has 4 nitrogen and oxygen atoms in total. The number of anilines is 1. The second-order valence-corrected chi connectivity index (χ2v) is 8.50. The van der Waals surface area contributed by atoms with Crippen LogP contribution >= 0.6 is 11.8 Å². The van der Waals surface area contributed by atoms with E-state index in [0.29, 0.717) is 16.9 Å². The molecule has 3 aromatic carbocycles. The van der Waals surface area contributed by atoms with Crippen molar-refractivity contribution in [3.05, 3.63) is 102 Å². The van der Waals surface area contributed by atoms with Crippen molar-refractivity contribution in [1.82, 2.24) is 0 Å². The zero-order valence-corrected chi connectivity index (χ0v) is 18.9. The number of carboxylic acid groups (broad SMARTS) is 1. The first-order chi connectivity index (χ1) is 15.6. The summed E-state index contributed by atoms with van der Waals surface area (Å²) < 4.78 is 0. The minimum atomic E-state index is -1.03. The molecule has 0 heterocycles. The van der Waals surface area contributed by atoms with Gasteiger partial charge in [-0.15, -0.1) is 0 Å². The smallest absolute Gasteiger partial charge is 0.337 e. The van der Waals surface area contributed by atoms with Gasteiger partial charge in [-0.25, -0.2) is 4.79 Å². The molecule has 0 saturated heterocycles. The number of carbonyl (C=O) groups excluding carboxylic acids is 1. The van der Waals surface area contributed by atoms with Crippen LogP contribution in [0.1, 0.15) is 53.3 Å². The molecule has 0 bridgehead atoms. The maximum absolute atomic E-state index is 13.3. The van der Waals surface area contributed by atoms with Gasteiger partial charge in [0.1, 0.15) is 0 Å². The van der Waals surface area contributed by atoms with E-state index in [-0.39, 0.29) is 11.3 Å². The quantitative estimate of drug-likeness (QED) is 0.184. The average molecular weight is 446 g/mol. The summed E-state index contributed by atoms with van der Waals surface area (Å²) in [5.41, 5.74) is 1.50. The van der Waals surface area contributed by atoms with Crippen LogP contribution in [-0.2, 0) is 0 Å². The van der Waals surface area contributed by atoms with Gasteiger partial charge in [-0.2, -0.15) is 0 Å². The van der Waals surface area contributed by atoms with Crippen molar-refractivity contribution in [3.8, 4) is 0 Å². The molecule has 0 aliphatic heterocycles. The molecule has 0 amide bonds. The summed E-state index contributed by atoms with van der Waals surface area (Å²) in [5.74, 6) is -1.19. The van der Waals surface area contributed by atoms with Gasteiger partial charge in [-0.05, 0) is 61.4 Å². The third-order valence-corrected chi connectivity index (χ3v) is 5.94. The van der Waals surface area contributed by atoms with Crippen molar-refractivity contribution in [2.45, 2.75) is 42.4 Å². The number of hydrogen-bond donors (Lipinski definition) is 2. The van der Waals surface area contributed by atoms with E-state index in [4.69, 9.17) is 0 Å². The summed E-state index contributed by atoms with van der Waals surface area (Å²) in [6.45, 7) is 2.13. The second kappa shape index (κ2) is 11.9. The van der Waals surface area contributed by atoms with Gasteiger partial charge in [0.15, 0.2) is 0 Å². The Morgan fingerprint density at radius 3 is 2.22 bits per heavy atom. The number of benzene rings is 3. The van der Waals surface area contributed by atoms with Crippen molar-refractivity contribution in [2.75, 3.05) is 5.32 Å². The van der Waals surface area contributed by atoms with E-state index in [2.05, 4.69) is 12.2 Å². The van der Waals surface area contributed by atoms with Gasteiger partial charge >= 0.3 is 5.97 Å². The fourth-order valence-corrected chi connectivity index (χ4v) is 4.06. The summed E-state index contributed by atoms with van der Waals surface area (Å²) in [6.07, 6.45) is 5.77. The molecule has 0 saturated carbocycles. The average Bonchev–Trinajstić information content (AvgIpc) is 2.82. The predicted octanol–water partition coefficient (Wildman–Crippen LogP) is 7.30. The van der Waals surface area contributed by atoms with Crippen LogP contribution < -0.4 is 5.32 Å². The van der Waals surface area contributed by atoms with E-state index in [1.54, 1.807) is 30.0 Å². The van der Waals surface area contributed by atoms with Crippen molar-refractivity contribution >= 4 is 29.2 Å². The van der Waals surface area contributed by atoms with Crippen LogP contribution in [0.5, 0.6) is 0 Å². The molecule has 0 aromatic heterocycles. The minimum absolute atomic E-state index is 0.134. The highest BCUT2D eigenvalue weighted by Crippen LogP contribution is 2.28. The summed E-state index contributed by atoms with van der Waals surface area (Å²) in [7, 11) is 0. The minimum Gasteiger partial charge on any atom is -0.478 e. The molecule has 0 spiro atoms. The number of carbonyl (C=O) groups is 2. The first kappa shape index (κ1) is 23.4. The maximum Gasteiger partial charge on any atom is 0.337 e. The standard InChI is InChI=1S/C27H27NO3S/c1-2-3-4-8-15-25(28-24-14-10-9-13-23(24)27(30)31)26(29)20-16-18-22(19-17-20)32-21-11-6-5-7-12-21/h5-7,9-19,28H,2-4,8H2,1H3,(H,30,31). The van der Waals surface area contributed by atoms with Crippen LogP contribution in [0.2, 0.25) is 0 Å². The molecule has 3 aromatic rings. The fourth-order valence-electron chi connectivity index (χ4n) is 3.22. The van der Waals surface area contributed by atoms with Crippen molar-refractivity contribution < 1.29 is 14.7 Å². The molecule has 0 radical (unpaired) electrons. The third kappa shape index (κ3) is 6.59. The number of hydrogen-bond acceptors (Lipinski definition) is 4. The van der Waals surface area contributed by atoms with Gasteiger partial charge in [0, 0.05) is 15.4 Å². The molecule has 0 fully saturated rings. The van der Waals surface area contributed by atoms with Gasteiger partial charge in [0.2, 0.25) is 5.78 Å². The van der Waals surface area contributed by atoms with Crippen LogP contribution in [0.15, 0.2) is 100 Å². The van der Waals surface area contributed by atoms with E-state index in [1.165, 1.54) is 6.07 Å². The van der Waals surface area contributed by atoms with Crippen LogP contribution in [0.3, 0.4) is 0 Å². The Kier molecular flexibility index (Phi) is 8.70. The van der Waals surface area contributed by atoms with Gasteiger partial charge in [-0.3, -0.25) is 4.79 Å². The number of aromatic carboxylic acids is 1. The molecule has 164 valence electrons.